The number of hydrogen-bond donors (Lipinski definition) is 0. The molecule has 68 heavy (non-hydrogen) atoms. The number of rotatable bonds is 11. The third-order valence-corrected chi connectivity index (χ3v) is 12.3. The molecule has 3 nitrogen and oxygen atoms in total. The standard InChI is InChI=1S/C64H42N3.Ir/c1-5-19-46(20-6-1)60-41-64(49-25-11-4-12-26-49)67-44-61(60)59-32-18-17-31-58(59)54-39-45(37-50-27-13-14-28-55(50)51-33-35-62(65-42-51)47-21-7-2-8-22-47)38-53(40-54)57-30-16-15-29-56(57)52-34-36-63(66-43-52)48-23-9-3-10-24-48;/h1-21,23,25,27-36,38-44H,37H2;/q-3;+3. The van der Waals surface area contributed by atoms with E-state index in [0.717, 1.165) is 101 Å². The van der Waals surface area contributed by atoms with E-state index in [0.29, 0.717) is 6.42 Å². The Balaban J connectivity index is 0.00000539. The van der Waals surface area contributed by atoms with Crippen LogP contribution in [0, 0.1) is 18.2 Å². The molecule has 3 heterocycles. The quantitative estimate of drug-likeness (QED) is 0.121. The van der Waals surface area contributed by atoms with Crippen LogP contribution in [0.5, 0.6) is 0 Å². The molecular formula is C64H42IrN3. The van der Waals surface area contributed by atoms with Gasteiger partial charge in [-0.2, -0.15) is 0 Å². The van der Waals surface area contributed by atoms with E-state index in [1.54, 1.807) is 0 Å². The maximum absolute atomic E-state index is 5.07. The molecule has 0 radical (unpaired) electrons. The number of aromatic nitrogens is 3. The Morgan fingerprint density at radius 3 is 1.29 bits per heavy atom. The van der Waals surface area contributed by atoms with Gasteiger partial charge in [0.2, 0.25) is 0 Å². The van der Waals surface area contributed by atoms with Crippen molar-refractivity contribution in [1.82, 2.24) is 15.0 Å². The SMILES string of the molecule is [Ir+3].[c-]1ccccc1-c1ccc(-c2ccccc2Cc2cc(-c3ccccc3-c3ccc(-c4[c-]cccc4)nc3)cc(-c3ccccc3-c3cnc(-c4[c-]cccc4)cc3-c3ccccc3)c2)cn1. The monoisotopic (exact) mass is 1050 g/mol. The number of hydrogen-bond acceptors (Lipinski definition) is 3. The first-order chi connectivity index (χ1) is 33.2. The van der Waals surface area contributed by atoms with Gasteiger partial charge in [-0.3, -0.25) is 0 Å². The maximum Gasteiger partial charge on any atom is 3.00 e. The zero-order valence-corrected chi connectivity index (χ0v) is 39.4. The zero-order chi connectivity index (χ0) is 44.8. The van der Waals surface area contributed by atoms with Crippen LogP contribution in [0.15, 0.2) is 243 Å². The Bertz CT molecular complexity index is 3450. The van der Waals surface area contributed by atoms with Crippen molar-refractivity contribution in [2.75, 3.05) is 0 Å². The van der Waals surface area contributed by atoms with E-state index in [2.05, 4.69) is 176 Å². The van der Waals surface area contributed by atoms with Crippen molar-refractivity contribution < 1.29 is 20.1 Å². The second-order valence-corrected chi connectivity index (χ2v) is 16.5. The van der Waals surface area contributed by atoms with E-state index in [-0.39, 0.29) is 20.1 Å². The van der Waals surface area contributed by atoms with Crippen LogP contribution in [0.1, 0.15) is 11.1 Å². The Kier molecular flexibility index (Phi) is 13.0. The van der Waals surface area contributed by atoms with E-state index in [9.17, 15) is 0 Å². The van der Waals surface area contributed by atoms with Crippen molar-refractivity contribution in [3.8, 4) is 101 Å². The molecule has 3 aromatic heterocycles. The first-order valence-electron chi connectivity index (χ1n) is 22.5. The second kappa shape index (κ2) is 20.2. The molecule has 0 saturated carbocycles. The molecule has 0 aliphatic carbocycles. The third-order valence-electron chi connectivity index (χ3n) is 12.3. The van der Waals surface area contributed by atoms with Crippen LogP contribution in [0.2, 0.25) is 0 Å². The summed E-state index contributed by atoms with van der Waals surface area (Å²) in [5.74, 6) is 0. The molecule has 11 rings (SSSR count). The van der Waals surface area contributed by atoms with Gasteiger partial charge in [-0.15, -0.1) is 108 Å². The molecule has 0 N–H and O–H groups in total. The predicted octanol–water partition coefficient (Wildman–Crippen LogP) is 15.9. The average molecular weight is 1050 g/mol. The molecule has 11 aromatic rings. The van der Waals surface area contributed by atoms with Crippen LogP contribution in [-0.2, 0) is 26.5 Å². The van der Waals surface area contributed by atoms with Gasteiger partial charge in [0, 0.05) is 24.2 Å². The largest absolute Gasteiger partial charge is 3.00 e. The number of pyridine rings is 3. The topological polar surface area (TPSA) is 38.7 Å². The summed E-state index contributed by atoms with van der Waals surface area (Å²) in [5.41, 5.74) is 21.3. The Hall–Kier alpha value is -8.14. The molecule has 0 fully saturated rings. The van der Waals surface area contributed by atoms with Gasteiger partial charge in [-0.05, 0) is 102 Å². The van der Waals surface area contributed by atoms with Crippen molar-refractivity contribution in [2.45, 2.75) is 6.42 Å². The van der Waals surface area contributed by atoms with Crippen LogP contribution < -0.4 is 0 Å². The van der Waals surface area contributed by atoms with Crippen molar-refractivity contribution in [1.29, 1.82) is 0 Å². The van der Waals surface area contributed by atoms with E-state index < -0.39 is 0 Å². The van der Waals surface area contributed by atoms with Gasteiger partial charge in [-0.1, -0.05) is 146 Å². The minimum absolute atomic E-state index is 0. The van der Waals surface area contributed by atoms with Gasteiger partial charge in [0.15, 0.2) is 0 Å². The van der Waals surface area contributed by atoms with Gasteiger partial charge in [0.05, 0.1) is 0 Å². The van der Waals surface area contributed by atoms with Crippen LogP contribution in [0.4, 0.5) is 0 Å². The first-order valence-corrected chi connectivity index (χ1v) is 22.5. The van der Waals surface area contributed by atoms with Crippen molar-refractivity contribution in [3.63, 3.8) is 0 Å². The van der Waals surface area contributed by atoms with Crippen LogP contribution in [0.25, 0.3) is 101 Å². The molecule has 0 amide bonds. The van der Waals surface area contributed by atoms with Crippen LogP contribution >= 0.6 is 0 Å². The fourth-order valence-corrected chi connectivity index (χ4v) is 8.99. The minimum Gasteiger partial charge on any atom is -0.304 e. The van der Waals surface area contributed by atoms with E-state index in [1.807, 2.05) is 85.3 Å². The van der Waals surface area contributed by atoms with Crippen molar-refractivity contribution in [2.24, 2.45) is 0 Å². The first kappa shape index (κ1) is 43.7. The van der Waals surface area contributed by atoms with Crippen molar-refractivity contribution >= 4 is 0 Å². The predicted molar refractivity (Wildman–Crippen MR) is 275 cm³/mol. The summed E-state index contributed by atoms with van der Waals surface area (Å²) >= 11 is 0. The normalized spacial score (nSPS) is 10.9. The van der Waals surface area contributed by atoms with Crippen LogP contribution in [-0.4, -0.2) is 15.0 Å². The molecule has 0 spiro atoms. The fraction of sp³-hybridized carbons (Fsp3) is 0.0156. The molecule has 322 valence electrons. The zero-order valence-electron chi connectivity index (χ0n) is 37.0. The summed E-state index contributed by atoms with van der Waals surface area (Å²) in [7, 11) is 0. The molecular weight excluding hydrogens is 1000 g/mol. The number of benzene rings is 8. The molecule has 8 aromatic carbocycles. The minimum atomic E-state index is 0. The summed E-state index contributed by atoms with van der Waals surface area (Å²) in [6, 6.07) is 88.5. The smallest absolute Gasteiger partial charge is 0.304 e. The Morgan fingerprint density at radius 1 is 0.294 bits per heavy atom. The molecule has 0 saturated heterocycles. The molecule has 0 atom stereocenters. The van der Waals surface area contributed by atoms with Crippen molar-refractivity contribution in [3.05, 3.63) is 272 Å². The summed E-state index contributed by atoms with van der Waals surface area (Å²) < 4.78 is 0. The summed E-state index contributed by atoms with van der Waals surface area (Å²) in [6.45, 7) is 0. The molecule has 0 unspecified atom stereocenters. The Morgan fingerprint density at radius 2 is 0.750 bits per heavy atom. The summed E-state index contributed by atoms with van der Waals surface area (Å²) in [5, 5.41) is 0. The van der Waals surface area contributed by atoms with Gasteiger partial charge in [0.25, 0.3) is 0 Å². The third kappa shape index (κ3) is 9.30. The molecule has 0 aliphatic rings. The molecule has 4 heteroatoms. The van der Waals surface area contributed by atoms with Gasteiger partial charge in [-0.25, -0.2) is 0 Å². The molecule has 0 aliphatic heterocycles. The van der Waals surface area contributed by atoms with E-state index in [4.69, 9.17) is 15.0 Å². The average Bonchev–Trinajstić information content (AvgIpc) is 3.42. The van der Waals surface area contributed by atoms with Gasteiger partial charge < -0.3 is 15.0 Å². The molecule has 0 bridgehead atoms. The van der Waals surface area contributed by atoms with Gasteiger partial charge in [0.1, 0.15) is 0 Å². The van der Waals surface area contributed by atoms with Gasteiger partial charge >= 0.3 is 20.1 Å². The van der Waals surface area contributed by atoms with Crippen LogP contribution in [0.3, 0.4) is 0 Å². The Labute approximate surface area is 412 Å². The number of nitrogens with zero attached hydrogens (tertiary/aromatic N) is 3. The summed E-state index contributed by atoms with van der Waals surface area (Å²) in [6.07, 6.45) is 6.71. The second-order valence-electron chi connectivity index (χ2n) is 16.5. The summed E-state index contributed by atoms with van der Waals surface area (Å²) in [4.78, 5) is 14.9. The fourth-order valence-electron chi connectivity index (χ4n) is 8.99. The van der Waals surface area contributed by atoms with E-state index in [1.165, 1.54) is 11.1 Å². The maximum atomic E-state index is 5.07. The van der Waals surface area contributed by atoms with E-state index >= 15 is 0 Å².